The molecular formula is C8H16O8. The van der Waals surface area contributed by atoms with E-state index >= 15 is 0 Å². The molecule has 8 nitrogen and oxygen atoms in total. The Kier molecular flexibility index (Phi) is 4.21. The van der Waals surface area contributed by atoms with E-state index in [1.165, 1.54) is 0 Å². The lowest BCUT2D eigenvalue weighted by Crippen LogP contribution is -2.69. The lowest BCUT2D eigenvalue weighted by atomic mass is 9.89. The fourth-order valence-electron chi connectivity index (χ4n) is 1.58. The number of aliphatic hydroxyl groups is 7. The number of rotatable bonds is 3. The second-order valence-corrected chi connectivity index (χ2v) is 3.72. The SMILES string of the molecule is OCC1OC(O)(C(O)CO)C(O)C(O)C1O. The van der Waals surface area contributed by atoms with Gasteiger partial charge < -0.3 is 40.5 Å². The maximum atomic E-state index is 9.73. The fourth-order valence-corrected chi connectivity index (χ4v) is 1.58. The molecule has 1 aliphatic heterocycles. The first kappa shape index (κ1) is 13.7. The first-order valence-corrected chi connectivity index (χ1v) is 4.72. The zero-order valence-electron chi connectivity index (χ0n) is 8.34. The maximum Gasteiger partial charge on any atom is 0.224 e. The van der Waals surface area contributed by atoms with Crippen LogP contribution in [0.1, 0.15) is 0 Å². The molecule has 6 atom stereocenters. The van der Waals surface area contributed by atoms with Gasteiger partial charge in [-0.05, 0) is 0 Å². The van der Waals surface area contributed by atoms with E-state index in [0.29, 0.717) is 0 Å². The molecule has 0 radical (unpaired) electrons. The molecule has 96 valence electrons. The van der Waals surface area contributed by atoms with Crippen LogP contribution in [0.4, 0.5) is 0 Å². The van der Waals surface area contributed by atoms with Gasteiger partial charge in [-0.2, -0.15) is 0 Å². The van der Waals surface area contributed by atoms with E-state index in [4.69, 9.17) is 14.9 Å². The third kappa shape index (κ3) is 2.06. The smallest absolute Gasteiger partial charge is 0.224 e. The quantitative estimate of drug-likeness (QED) is 0.261. The van der Waals surface area contributed by atoms with Crippen LogP contribution in [0.5, 0.6) is 0 Å². The molecule has 6 unspecified atom stereocenters. The van der Waals surface area contributed by atoms with E-state index in [0.717, 1.165) is 0 Å². The molecule has 0 amide bonds. The molecule has 16 heavy (non-hydrogen) atoms. The van der Waals surface area contributed by atoms with E-state index in [1.807, 2.05) is 0 Å². The Bertz CT molecular complexity index is 234. The highest BCUT2D eigenvalue weighted by Gasteiger charge is 2.56. The average molecular weight is 240 g/mol. The topological polar surface area (TPSA) is 151 Å². The summed E-state index contributed by atoms with van der Waals surface area (Å²) < 4.78 is 4.71. The molecule has 0 aliphatic carbocycles. The molecule has 1 rings (SSSR count). The summed E-state index contributed by atoms with van der Waals surface area (Å²) in [6.45, 7) is -1.65. The van der Waals surface area contributed by atoms with Crippen molar-refractivity contribution in [2.75, 3.05) is 13.2 Å². The Labute approximate surface area is 91.0 Å². The summed E-state index contributed by atoms with van der Waals surface area (Å²) in [5.74, 6) is -2.64. The zero-order valence-corrected chi connectivity index (χ0v) is 8.34. The van der Waals surface area contributed by atoms with Crippen molar-refractivity contribution in [1.82, 2.24) is 0 Å². The number of aliphatic hydroxyl groups excluding tert-OH is 6. The van der Waals surface area contributed by atoms with Crippen molar-refractivity contribution in [2.24, 2.45) is 0 Å². The molecule has 0 bridgehead atoms. The zero-order chi connectivity index (χ0) is 12.5. The lowest BCUT2D eigenvalue weighted by Gasteiger charge is -2.46. The molecule has 1 saturated heterocycles. The average Bonchev–Trinajstić information content (AvgIpc) is 2.30. The molecule has 1 aliphatic rings. The Morgan fingerprint density at radius 1 is 1.12 bits per heavy atom. The highest BCUT2D eigenvalue weighted by atomic mass is 16.7. The van der Waals surface area contributed by atoms with Crippen molar-refractivity contribution in [3.8, 4) is 0 Å². The molecule has 7 N–H and O–H groups in total. The van der Waals surface area contributed by atoms with E-state index in [1.54, 1.807) is 0 Å². The fraction of sp³-hybridized carbons (Fsp3) is 1.00. The van der Waals surface area contributed by atoms with Gasteiger partial charge in [-0.15, -0.1) is 0 Å². The summed E-state index contributed by atoms with van der Waals surface area (Å²) in [5, 5.41) is 64.7. The van der Waals surface area contributed by atoms with Crippen LogP contribution >= 0.6 is 0 Å². The Balaban J connectivity index is 2.93. The van der Waals surface area contributed by atoms with Crippen LogP contribution in [0.3, 0.4) is 0 Å². The van der Waals surface area contributed by atoms with Crippen LogP contribution in [0.15, 0.2) is 0 Å². The Morgan fingerprint density at radius 2 is 1.69 bits per heavy atom. The van der Waals surface area contributed by atoms with Crippen LogP contribution < -0.4 is 0 Å². The predicted octanol–water partition coefficient (Wildman–Crippen LogP) is -4.50. The van der Waals surface area contributed by atoms with Gasteiger partial charge in [-0.1, -0.05) is 0 Å². The van der Waals surface area contributed by atoms with Crippen molar-refractivity contribution in [3.05, 3.63) is 0 Å². The second kappa shape index (κ2) is 4.90. The van der Waals surface area contributed by atoms with Crippen LogP contribution in [-0.4, -0.2) is 85.3 Å². The van der Waals surface area contributed by atoms with Gasteiger partial charge in [0.15, 0.2) is 0 Å². The first-order chi connectivity index (χ1) is 7.38. The van der Waals surface area contributed by atoms with Gasteiger partial charge in [0.05, 0.1) is 13.2 Å². The van der Waals surface area contributed by atoms with Gasteiger partial charge in [-0.3, -0.25) is 0 Å². The van der Waals surface area contributed by atoms with Crippen LogP contribution in [0.2, 0.25) is 0 Å². The molecule has 0 aromatic rings. The van der Waals surface area contributed by atoms with Crippen molar-refractivity contribution < 1.29 is 40.5 Å². The van der Waals surface area contributed by atoms with Gasteiger partial charge in [0.1, 0.15) is 30.5 Å². The minimum atomic E-state index is -2.64. The van der Waals surface area contributed by atoms with Gasteiger partial charge in [-0.25, -0.2) is 0 Å². The molecule has 1 heterocycles. The third-order valence-corrected chi connectivity index (χ3v) is 2.65. The normalized spacial score (nSPS) is 46.7. The summed E-state index contributed by atoms with van der Waals surface area (Å²) >= 11 is 0. The number of ether oxygens (including phenoxy) is 1. The van der Waals surface area contributed by atoms with Gasteiger partial charge in [0, 0.05) is 0 Å². The lowest BCUT2D eigenvalue weighted by molar-refractivity contribution is -0.378. The van der Waals surface area contributed by atoms with Gasteiger partial charge in [0.25, 0.3) is 0 Å². The minimum Gasteiger partial charge on any atom is -0.394 e. The molecule has 0 aromatic carbocycles. The molecular weight excluding hydrogens is 224 g/mol. The van der Waals surface area contributed by atoms with Crippen LogP contribution in [0, 0.1) is 0 Å². The van der Waals surface area contributed by atoms with E-state index in [2.05, 4.69) is 0 Å². The highest BCUT2D eigenvalue weighted by molar-refractivity contribution is 4.99. The predicted molar refractivity (Wildman–Crippen MR) is 48.0 cm³/mol. The maximum absolute atomic E-state index is 9.73. The van der Waals surface area contributed by atoms with Crippen molar-refractivity contribution >= 4 is 0 Å². The summed E-state index contributed by atoms with van der Waals surface area (Å²) in [7, 11) is 0. The Hall–Kier alpha value is -0.320. The third-order valence-electron chi connectivity index (χ3n) is 2.65. The summed E-state index contributed by atoms with van der Waals surface area (Å²) in [6, 6.07) is 0. The Morgan fingerprint density at radius 3 is 2.12 bits per heavy atom. The minimum absolute atomic E-state index is 0.731. The summed E-state index contributed by atoms with van der Waals surface area (Å²) in [5.41, 5.74) is 0. The second-order valence-electron chi connectivity index (χ2n) is 3.72. The highest BCUT2D eigenvalue weighted by Crippen LogP contribution is 2.30. The van der Waals surface area contributed by atoms with E-state index in [-0.39, 0.29) is 0 Å². The number of hydrogen-bond acceptors (Lipinski definition) is 8. The molecule has 8 heteroatoms. The van der Waals surface area contributed by atoms with Crippen LogP contribution in [0.25, 0.3) is 0 Å². The first-order valence-electron chi connectivity index (χ1n) is 4.72. The molecule has 0 spiro atoms. The van der Waals surface area contributed by atoms with E-state index < -0.39 is 49.5 Å². The van der Waals surface area contributed by atoms with Gasteiger partial charge >= 0.3 is 0 Å². The summed E-state index contributed by atoms with van der Waals surface area (Å²) in [4.78, 5) is 0. The van der Waals surface area contributed by atoms with Gasteiger partial charge in [0.2, 0.25) is 5.79 Å². The molecule has 0 saturated carbocycles. The largest absolute Gasteiger partial charge is 0.394 e. The molecule has 1 fully saturated rings. The monoisotopic (exact) mass is 240 g/mol. The number of hydrogen-bond donors (Lipinski definition) is 7. The van der Waals surface area contributed by atoms with Crippen molar-refractivity contribution in [3.63, 3.8) is 0 Å². The standard InChI is InChI=1S/C8H16O8/c9-1-3-5(12)6(13)7(14)8(15,16-3)4(11)2-10/h3-7,9-15H,1-2H2. The van der Waals surface area contributed by atoms with E-state index in [9.17, 15) is 25.5 Å². The summed E-state index contributed by atoms with van der Waals surface area (Å²) in [6.07, 6.45) is -8.67. The van der Waals surface area contributed by atoms with Crippen LogP contribution in [-0.2, 0) is 4.74 Å². The van der Waals surface area contributed by atoms with Crippen molar-refractivity contribution in [2.45, 2.75) is 36.3 Å². The van der Waals surface area contributed by atoms with Crippen molar-refractivity contribution in [1.29, 1.82) is 0 Å². The molecule has 0 aromatic heterocycles.